The molecule has 0 aliphatic carbocycles. The number of alkyl halides is 3. The molecule has 0 saturated carbocycles. The molecule has 4 aromatic rings. The van der Waals surface area contributed by atoms with Gasteiger partial charge in [0, 0.05) is 34.2 Å². The summed E-state index contributed by atoms with van der Waals surface area (Å²) in [6.45, 7) is 3.32. The predicted molar refractivity (Wildman–Crippen MR) is 134 cm³/mol. The number of nitriles is 1. The fraction of sp³-hybridized carbons (Fsp3) is 0.125. The van der Waals surface area contributed by atoms with Gasteiger partial charge < -0.3 is 20.8 Å². The minimum absolute atomic E-state index is 0.0478. The number of thiol groups is 1. The first kappa shape index (κ1) is 25.6. The highest BCUT2D eigenvalue weighted by molar-refractivity contribution is 7.82. The molecular weight excluding hydrogens is 510 g/mol. The van der Waals surface area contributed by atoms with E-state index in [4.69, 9.17) is 10.5 Å². The number of aromatic amines is 1. The normalized spacial score (nSPS) is 11.9. The third-order valence-electron chi connectivity index (χ3n) is 5.07. The Morgan fingerprint density at radius 3 is 2.68 bits per heavy atom. The van der Waals surface area contributed by atoms with Gasteiger partial charge in [0.15, 0.2) is 22.9 Å². The van der Waals surface area contributed by atoms with E-state index in [1.807, 2.05) is 6.07 Å². The molecule has 37 heavy (non-hydrogen) atoms. The van der Waals surface area contributed by atoms with Crippen molar-refractivity contribution in [3.05, 3.63) is 77.3 Å². The third-order valence-corrected chi connectivity index (χ3v) is 5.41. The zero-order valence-electron chi connectivity index (χ0n) is 19.4. The zero-order chi connectivity index (χ0) is 26.9. The van der Waals surface area contributed by atoms with E-state index in [-0.39, 0.29) is 39.8 Å². The largest absolute Gasteiger partial charge is 0.434 e. The number of nitrogens with one attached hydrogen (secondary N) is 2. The number of H-pyrrole nitrogens is 1. The van der Waals surface area contributed by atoms with Crippen molar-refractivity contribution in [2.45, 2.75) is 20.0 Å². The van der Waals surface area contributed by atoms with Crippen LogP contribution in [0.25, 0.3) is 10.9 Å². The summed E-state index contributed by atoms with van der Waals surface area (Å²) < 4.78 is 62.4. The molecule has 0 radical (unpaired) electrons. The number of rotatable bonds is 6. The van der Waals surface area contributed by atoms with Crippen LogP contribution in [0.4, 0.5) is 34.8 Å². The topological polar surface area (TPSA) is 116 Å². The molecule has 2 aromatic heterocycles. The highest BCUT2D eigenvalue weighted by atomic mass is 32.1. The first-order chi connectivity index (χ1) is 17.5. The van der Waals surface area contributed by atoms with Crippen LogP contribution >= 0.6 is 12.8 Å². The van der Waals surface area contributed by atoms with Crippen LogP contribution in [0.15, 0.2) is 54.6 Å². The number of aromatic nitrogens is 3. The first-order valence-corrected chi connectivity index (χ1v) is 11.0. The summed E-state index contributed by atoms with van der Waals surface area (Å²) in [5.74, 6) is -1.29. The van der Waals surface area contributed by atoms with Crippen LogP contribution in [-0.4, -0.2) is 15.0 Å². The smallest absolute Gasteiger partial charge is 0.416 e. The molecule has 190 valence electrons. The number of fused-ring (bicyclic) bond motifs is 1. The summed E-state index contributed by atoms with van der Waals surface area (Å²) in [6.07, 6.45) is -2.31. The number of hydrogen-bond donors (Lipinski definition) is 4. The molecule has 2 heterocycles. The average Bonchev–Trinajstić information content (AvgIpc) is 3.21. The minimum atomic E-state index is -4.67. The summed E-state index contributed by atoms with van der Waals surface area (Å²) in [5.41, 5.74) is 6.01. The number of halogens is 4. The second-order valence-corrected chi connectivity index (χ2v) is 8.45. The average molecular weight is 530 g/mol. The van der Waals surface area contributed by atoms with Gasteiger partial charge in [-0.25, -0.2) is 14.4 Å². The molecule has 0 atom stereocenters. The molecule has 0 spiro atoms. The SMILES string of the molecule is C/C(N)=C/N(S)c1cc(Nc2ncnc(Oc3ccc4[nH]c(C)cc4c3F)c2C#N)cc(C(F)(F)F)c1. The van der Waals surface area contributed by atoms with Crippen molar-refractivity contribution in [2.75, 3.05) is 9.62 Å². The number of ether oxygens (including phenoxy) is 1. The zero-order valence-corrected chi connectivity index (χ0v) is 20.2. The van der Waals surface area contributed by atoms with E-state index in [1.165, 1.54) is 18.3 Å². The molecule has 0 amide bonds. The third kappa shape index (κ3) is 5.54. The van der Waals surface area contributed by atoms with Gasteiger partial charge in [0.2, 0.25) is 5.88 Å². The Balaban J connectivity index is 1.73. The molecule has 0 unspecified atom stereocenters. The monoisotopic (exact) mass is 529 g/mol. The van der Waals surface area contributed by atoms with Gasteiger partial charge in [-0.1, -0.05) is 12.8 Å². The number of nitrogens with two attached hydrogens (primary N) is 1. The van der Waals surface area contributed by atoms with Crippen LogP contribution in [0, 0.1) is 24.1 Å². The quantitative estimate of drug-likeness (QED) is 0.171. The summed E-state index contributed by atoms with van der Waals surface area (Å²) in [6, 6.07) is 9.53. The maximum atomic E-state index is 15.0. The van der Waals surface area contributed by atoms with Crippen molar-refractivity contribution in [1.29, 1.82) is 5.26 Å². The van der Waals surface area contributed by atoms with Crippen molar-refractivity contribution in [3.8, 4) is 17.7 Å². The van der Waals surface area contributed by atoms with Gasteiger partial charge >= 0.3 is 6.18 Å². The van der Waals surface area contributed by atoms with E-state index in [0.717, 1.165) is 28.5 Å². The molecule has 0 saturated heterocycles. The van der Waals surface area contributed by atoms with Crippen molar-refractivity contribution >= 4 is 40.9 Å². The standard InChI is InChI=1S/C24H19F4N7OS/c1-12(30)10-35(37)16-7-14(24(26,27)28)6-15(8-16)34-22-18(9-29)23(32-11-31-22)36-20-4-3-19-17(21(20)25)5-13(2)33-19/h3-8,10-11,33,37H,30H2,1-2H3,(H,31,32,34)/b12-10-. The van der Waals surface area contributed by atoms with Crippen LogP contribution in [0.2, 0.25) is 0 Å². The minimum Gasteiger partial charge on any atom is -0.434 e. The lowest BCUT2D eigenvalue weighted by Gasteiger charge is -2.18. The Hall–Kier alpha value is -4.44. The number of anilines is 3. The van der Waals surface area contributed by atoms with Gasteiger partial charge in [0.05, 0.1) is 11.3 Å². The molecule has 13 heteroatoms. The Morgan fingerprint density at radius 1 is 1.24 bits per heavy atom. The number of aryl methyl sites for hydroxylation is 1. The van der Waals surface area contributed by atoms with Crippen molar-refractivity contribution in [2.24, 2.45) is 5.73 Å². The maximum Gasteiger partial charge on any atom is 0.416 e. The molecule has 0 fully saturated rings. The van der Waals surface area contributed by atoms with Gasteiger partial charge in [0.1, 0.15) is 12.4 Å². The molecule has 4 rings (SSSR count). The Bertz CT molecular complexity index is 1560. The second kappa shape index (κ2) is 9.90. The van der Waals surface area contributed by atoms with Crippen molar-refractivity contribution < 1.29 is 22.3 Å². The number of hydrogen-bond acceptors (Lipinski definition) is 8. The molecular formula is C24H19F4N7OS. The summed E-state index contributed by atoms with van der Waals surface area (Å²) in [7, 11) is 0. The van der Waals surface area contributed by atoms with Crippen molar-refractivity contribution in [3.63, 3.8) is 0 Å². The number of allylic oxidation sites excluding steroid dienone is 1. The Labute approximate surface area is 213 Å². The lowest BCUT2D eigenvalue weighted by atomic mass is 10.1. The molecule has 2 aromatic carbocycles. The number of benzene rings is 2. The van der Waals surface area contributed by atoms with E-state index in [2.05, 4.69) is 33.1 Å². The summed E-state index contributed by atoms with van der Waals surface area (Å²) in [5, 5.41) is 12.7. The van der Waals surface area contributed by atoms with Crippen LogP contribution < -0.4 is 20.1 Å². The van der Waals surface area contributed by atoms with E-state index < -0.39 is 17.6 Å². The van der Waals surface area contributed by atoms with Crippen molar-refractivity contribution in [1.82, 2.24) is 15.0 Å². The predicted octanol–water partition coefficient (Wildman–Crippen LogP) is 6.30. The Kier molecular flexibility index (Phi) is 6.86. The molecule has 0 aliphatic rings. The molecule has 0 bridgehead atoms. The highest BCUT2D eigenvalue weighted by Crippen LogP contribution is 2.37. The van der Waals surface area contributed by atoms with E-state index in [0.29, 0.717) is 11.2 Å². The summed E-state index contributed by atoms with van der Waals surface area (Å²) >= 11 is 4.17. The van der Waals surface area contributed by atoms with Crippen LogP contribution in [-0.2, 0) is 6.18 Å². The molecule has 4 N–H and O–H groups in total. The summed E-state index contributed by atoms with van der Waals surface area (Å²) in [4.78, 5) is 10.9. The Morgan fingerprint density at radius 2 is 2.00 bits per heavy atom. The molecule has 8 nitrogen and oxygen atoms in total. The second-order valence-electron chi connectivity index (χ2n) is 8.02. The van der Waals surface area contributed by atoms with Gasteiger partial charge in [-0.2, -0.15) is 18.4 Å². The van der Waals surface area contributed by atoms with Gasteiger partial charge in [-0.3, -0.25) is 4.31 Å². The lowest BCUT2D eigenvalue weighted by molar-refractivity contribution is -0.137. The number of nitrogens with zero attached hydrogens (tertiary/aromatic N) is 4. The van der Waals surface area contributed by atoms with E-state index >= 15 is 0 Å². The van der Waals surface area contributed by atoms with Crippen LogP contribution in [0.1, 0.15) is 23.7 Å². The van der Waals surface area contributed by atoms with Crippen LogP contribution in [0.3, 0.4) is 0 Å². The van der Waals surface area contributed by atoms with E-state index in [1.54, 1.807) is 26.0 Å². The van der Waals surface area contributed by atoms with E-state index in [9.17, 15) is 22.8 Å². The molecule has 0 aliphatic heterocycles. The fourth-order valence-electron chi connectivity index (χ4n) is 3.50. The first-order valence-electron chi connectivity index (χ1n) is 10.6. The maximum absolute atomic E-state index is 15.0. The van der Waals surface area contributed by atoms with Gasteiger partial charge in [-0.05, 0) is 50.2 Å². The van der Waals surface area contributed by atoms with Crippen LogP contribution in [0.5, 0.6) is 11.6 Å². The lowest BCUT2D eigenvalue weighted by Crippen LogP contribution is -2.10. The van der Waals surface area contributed by atoms with Gasteiger partial charge in [0.25, 0.3) is 0 Å². The highest BCUT2D eigenvalue weighted by Gasteiger charge is 2.32. The van der Waals surface area contributed by atoms with Gasteiger partial charge in [-0.15, -0.1) is 0 Å². The fourth-order valence-corrected chi connectivity index (χ4v) is 3.79.